The summed E-state index contributed by atoms with van der Waals surface area (Å²) in [5.74, 6) is 1.49. The number of nitrogens with zero attached hydrogens (tertiary/aromatic N) is 4. The Hall–Kier alpha value is -3.25. The molecule has 2 aromatic carbocycles. The molecule has 2 N–H and O–H groups in total. The van der Waals surface area contributed by atoms with Crippen molar-refractivity contribution in [1.82, 2.24) is 20.1 Å². The topological polar surface area (TPSA) is 90.7 Å². The summed E-state index contributed by atoms with van der Waals surface area (Å²) in [5.41, 5.74) is 10.4. The highest BCUT2D eigenvalue weighted by molar-refractivity contribution is 6.31. The van der Waals surface area contributed by atoms with Crippen molar-refractivity contribution in [1.29, 1.82) is 0 Å². The van der Waals surface area contributed by atoms with Gasteiger partial charge in [-0.25, -0.2) is 9.97 Å². The van der Waals surface area contributed by atoms with Crippen LogP contribution in [0.4, 0.5) is 5.95 Å². The lowest BCUT2D eigenvalue weighted by Crippen LogP contribution is -2.36. The van der Waals surface area contributed by atoms with E-state index < -0.39 is 0 Å². The van der Waals surface area contributed by atoms with Crippen molar-refractivity contribution >= 4 is 17.5 Å². The van der Waals surface area contributed by atoms with Crippen molar-refractivity contribution in [2.45, 2.75) is 31.6 Å². The summed E-state index contributed by atoms with van der Waals surface area (Å²) < 4.78 is 5.61. The molecule has 6 nitrogen and oxygen atoms in total. The molecule has 0 amide bonds. The predicted octanol–water partition coefficient (Wildman–Crippen LogP) is 5.21. The van der Waals surface area contributed by atoms with Gasteiger partial charge in [0.05, 0.1) is 5.41 Å². The summed E-state index contributed by atoms with van der Waals surface area (Å²) >= 11 is 6.26. The van der Waals surface area contributed by atoms with Crippen molar-refractivity contribution in [2.75, 3.05) is 5.73 Å². The molecular formula is C23H20ClN5O. The molecule has 7 heteroatoms. The fourth-order valence-corrected chi connectivity index (χ4v) is 4.08. The van der Waals surface area contributed by atoms with Crippen LogP contribution in [-0.2, 0) is 5.41 Å². The van der Waals surface area contributed by atoms with Gasteiger partial charge in [-0.1, -0.05) is 53.5 Å². The molecule has 150 valence electrons. The zero-order chi connectivity index (χ0) is 20.7. The van der Waals surface area contributed by atoms with Crippen LogP contribution in [0.25, 0.3) is 22.6 Å². The summed E-state index contributed by atoms with van der Waals surface area (Å²) in [5, 5.41) is 5.03. The highest BCUT2D eigenvalue weighted by atomic mass is 35.5. The third-order valence-electron chi connectivity index (χ3n) is 5.92. The number of anilines is 1. The number of aryl methyl sites for hydroxylation is 1. The van der Waals surface area contributed by atoms with Crippen LogP contribution >= 0.6 is 11.6 Å². The van der Waals surface area contributed by atoms with Crippen LogP contribution in [0.15, 0.2) is 59.4 Å². The third-order valence-corrected chi connectivity index (χ3v) is 6.33. The molecule has 2 heterocycles. The number of hydrogen-bond donors (Lipinski definition) is 1. The summed E-state index contributed by atoms with van der Waals surface area (Å²) in [6.45, 7) is 1.97. The quantitative estimate of drug-likeness (QED) is 0.490. The van der Waals surface area contributed by atoms with Gasteiger partial charge in [-0.05, 0) is 48.6 Å². The number of aromatic nitrogens is 4. The minimum atomic E-state index is -0.216. The molecule has 1 aliphatic carbocycles. The minimum absolute atomic E-state index is 0.216. The molecule has 5 rings (SSSR count). The molecule has 0 unspecified atom stereocenters. The maximum Gasteiger partial charge on any atom is 0.258 e. The van der Waals surface area contributed by atoms with Crippen LogP contribution < -0.4 is 5.73 Å². The van der Waals surface area contributed by atoms with E-state index in [1.165, 1.54) is 5.56 Å². The van der Waals surface area contributed by atoms with Crippen LogP contribution in [-0.4, -0.2) is 20.1 Å². The van der Waals surface area contributed by atoms with Crippen molar-refractivity contribution < 1.29 is 4.52 Å². The number of benzene rings is 2. The SMILES string of the molecule is Cc1ccc(-c2nc(C3(c4ccc(-c5cnc(N)nc5)cc4)CCC3)no2)cc1Cl. The lowest BCUT2D eigenvalue weighted by molar-refractivity contribution is 0.273. The standard InChI is InChI=1S/C23H20ClN5O/c1-14-3-4-16(11-19(14)24)20-28-21(29-30-20)23(9-2-10-23)18-7-5-15(6-8-18)17-12-26-22(25)27-13-17/h3-8,11-13H,2,9-10H2,1H3,(H2,25,26,27). The molecule has 1 aliphatic rings. The third kappa shape index (κ3) is 3.13. The van der Waals surface area contributed by atoms with E-state index in [0.717, 1.165) is 47.3 Å². The lowest BCUT2D eigenvalue weighted by atomic mass is 9.64. The van der Waals surface area contributed by atoms with Gasteiger partial charge in [0, 0.05) is 28.5 Å². The smallest absolute Gasteiger partial charge is 0.258 e. The number of nitrogens with two attached hydrogens (primary N) is 1. The van der Waals surface area contributed by atoms with Crippen LogP contribution in [0.5, 0.6) is 0 Å². The van der Waals surface area contributed by atoms with Gasteiger partial charge in [0.1, 0.15) is 0 Å². The highest BCUT2D eigenvalue weighted by Gasteiger charge is 2.44. The second-order valence-electron chi connectivity index (χ2n) is 7.73. The van der Waals surface area contributed by atoms with Gasteiger partial charge in [-0.15, -0.1) is 0 Å². The Morgan fingerprint density at radius 1 is 0.967 bits per heavy atom. The second-order valence-corrected chi connectivity index (χ2v) is 8.14. The monoisotopic (exact) mass is 417 g/mol. The number of rotatable bonds is 4. The molecule has 0 aliphatic heterocycles. The van der Waals surface area contributed by atoms with Gasteiger partial charge in [0.15, 0.2) is 5.82 Å². The van der Waals surface area contributed by atoms with E-state index >= 15 is 0 Å². The molecule has 0 saturated heterocycles. The van der Waals surface area contributed by atoms with Crippen LogP contribution in [0.3, 0.4) is 0 Å². The Bertz CT molecular complexity index is 1200. The van der Waals surface area contributed by atoms with Gasteiger partial charge in [0.25, 0.3) is 5.89 Å². The van der Waals surface area contributed by atoms with Gasteiger partial charge < -0.3 is 10.3 Å². The zero-order valence-corrected chi connectivity index (χ0v) is 17.2. The molecule has 1 fully saturated rings. The first kappa shape index (κ1) is 18.8. The minimum Gasteiger partial charge on any atom is -0.368 e. The Balaban J connectivity index is 1.46. The molecular weight excluding hydrogens is 398 g/mol. The Kier molecular flexibility index (Phi) is 4.51. The maximum atomic E-state index is 6.26. The second kappa shape index (κ2) is 7.22. The first-order valence-corrected chi connectivity index (χ1v) is 10.2. The van der Waals surface area contributed by atoms with E-state index in [9.17, 15) is 0 Å². The van der Waals surface area contributed by atoms with E-state index in [2.05, 4.69) is 39.4 Å². The molecule has 4 aromatic rings. The molecule has 30 heavy (non-hydrogen) atoms. The van der Waals surface area contributed by atoms with Gasteiger partial charge in [-0.3, -0.25) is 0 Å². The molecule has 2 aromatic heterocycles. The normalized spacial score (nSPS) is 15.0. The summed E-state index contributed by atoms with van der Waals surface area (Å²) in [4.78, 5) is 12.9. The number of nitrogen functional groups attached to an aromatic ring is 1. The Morgan fingerprint density at radius 2 is 1.67 bits per heavy atom. The number of hydrogen-bond acceptors (Lipinski definition) is 6. The van der Waals surface area contributed by atoms with Gasteiger partial charge in [-0.2, -0.15) is 4.98 Å². The predicted molar refractivity (Wildman–Crippen MR) is 116 cm³/mol. The summed E-state index contributed by atoms with van der Waals surface area (Å²) in [6, 6.07) is 14.2. The van der Waals surface area contributed by atoms with Crippen molar-refractivity contribution in [2.24, 2.45) is 0 Å². The molecule has 0 bridgehead atoms. The molecule has 0 spiro atoms. The number of halogens is 1. The van der Waals surface area contributed by atoms with Crippen LogP contribution in [0.1, 0.15) is 36.2 Å². The van der Waals surface area contributed by atoms with Crippen molar-refractivity contribution in [3.63, 3.8) is 0 Å². The first-order valence-electron chi connectivity index (χ1n) is 9.84. The summed E-state index contributed by atoms with van der Waals surface area (Å²) in [7, 11) is 0. The molecule has 1 saturated carbocycles. The highest BCUT2D eigenvalue weighted by Crippen LogP contribution is 2.48. The van der Waals surface area contributed by atoms with Crippen molar-refractivity contribution in [3.05, 3.63) is 76.8 Å². The summed E-state index contributed by atoms with van der Waals surface area (Å²) in [6.07, 6.45) is 6.58. The molecule has 0 atom stereocenters. The van der Waals surface area contributed by atoms with E-state index in [0.29, 0.717) is 10.9 Å². The molecule has 0 radical (unpaired) electrons. The van der Waals surface area contributed by atoms with Crippen LogP contribution in [0.2, 0.25) is 5.02 Å². The fourth-order valence-electron chi connectivity index (χ4n) is 3.90. The Morgan fingerprint density at radius 3 is 2.30 bits per heavy atom. The Labute approximate surface area is 179 Å². The van der Waals surface area contributed by atoms with E-state index in [1.54, 1.807) is 12.4 Å². The first-order chi connectivity index (χ1) is 14.5. The van der Waals surface area contributed by atoms with Crippen LogP contribution in [0, 0.1) is 6.92 Å². The van der Waals surface area contributed by atoms with E-state index in [1.807, 2.05) is 25.1 Å². The van der Waals surface area contributed by atoms with Gasteiger partial charge in [0.2, 0.25) is 5.95 Å². The zero-order valence-electron chi connectivity index (χ0n) is 16.5. The average molecular weight is 418 g/mol. The maximum absolute atomic E-state index is 6.26. The van der Waals surface area contributed by atoms with Crippen molar-refractivity contribution in [3.8, 4) is 22.6 Å². The largest absolute Gasteiger partial charge is 0.368 e. The average Bonchev–Trinajstić information content (AvgIpc) is 3.21. The van der Waals surface area contributed by atoms with Gasteiger partial charge >= 0.3 is 0 Å². The fraction of sp³-hybridized carbons (Fsp3) is 0.217. The van der Waals surface area contributed by atoms with E-state index in [-0.39, 0.29) is 11.4 Å². The van der Waals surface area contributed by atoms with E-state index in [4.69, 9.17) is 26.8 Å². The lowest BCUT2D eigenvalue weighted by Gasteiger charge is -2.39.